The second-order valence-electron chi connectivity index (χ2n) is 3.00. The molecule has 0 aliphatic heterocycles. The van der Waals surface area contributed by atoms with Crippen LogP contribution in [0.4, 0.5) is 0 Å². The van der Waals surface area contributed by atoms with Gasteiger partial charge in [-0.3, -0.25) is 4.79 Å². The molecule has 0 atom stereocenters. The van der Waals surface area contributed by atoms with Gasteiger partial charge in [0.05, 0.1) is 11.3 Å². The van der Waals surface area contributed by atoms with Crippen LogP contribution in [0.25, 0.3) is 5.69 Å². The lowest BCUT2D eigenvalue weighted by Gasteiger charge is -2.02. The van der Waals surface area contributed by atoms with Crippen LogP contribution in [0.15, 0.2) is 33.5 Å². The molecule has 1 heterocycles. The molecule has 0 amide bonds. The first-order chi connectivity index (χ1) is 7.63. The summed E-state index contributed by atoms with van der Waals surface area (Å²) in [5.74, 6) is 0. The molecule has 0 spiro atoms. The molecule has 3 nitrogen and oxygen atoms in total. The zero-order chi connectivity index (χ0) is 11.7. The minimum Gasteiger partial charge on any atom is -0.298 e. The molecular formula is C10H5Br2ClN2O. The van der Waals surface area contributed by atoms with Gasteiger partial charge < -0.3 is 0 Å². The lowest BCUT2D eigenvalue weighted by Crippen LogP contribution is -1.96. The van der Waals surface area contributed by atoms with Crippen LogP contribution in [0.5, 0.6) is 0 Å². The summed E-state index contributed by atoms with van der Waals surface area (Å²) in [5.41, 5.74) is 1.31. The Kier molecular flexibility index (Phi) is 3.47. The summed E-state index contributed by atoms with van der Waals surface area (Å²) in [6.45, 7) is 0. The fourth-order valence-electron chi connectivity index (χ4n) is 1.24. The lowest BCUT2D eigenvalue weighted by atomic mass is 10.3. The summed E-state index contributed by atoms with van der Waals surface area (Å²) in [7, 11) is 0. The molecule has 16 heavy (non-hydrogen) atoms. The molecule has 0 N–H and O–H groups in total. The monoisotopic (exact) mass is 362 g/mol. The summed E-state index contributed by atoms with van der Waals surface area (Å²) in [4.78, 5) is 10.8. The maximum Gasteiger partial charge on any atom is 0.155 e. The Balaban J connectivity index is 2.56. The molecule has 0 aliphatic carbocycles. The van der Waals surface area contributed by atoms with Crippen LogP contribution < -0.4 is 0 Å². The van der Waals surface area contributed by atoms with Gasteiger partial charge in [0.15, 0.2) is 6.29 Å². The maximum absolute atomic E-state index is 10.8. The first kappa shape index (κ1) is 11.8. The third-order valence-electron chi connectivity index (χ3n) is 2.01. The van der Waals surface area contributed by atoms with Crippen molar-refractivity contribution in [3.63, 3.8) is 0 Å². The Bertz CT molecular complexity index is 536. The highest BCUT2D eigenvalue weighted by Crippen LogP contribution is 2.26. The smallest absolute Gasteiger partial charge is 0.155 e. The number of hydrogen-bond acceptors (Lipinski definition) is 2. The van der Waals surface area contributed by atoms with Gasteiger partial charge in [-0.1, -0.05) is 11.6 Å². The van der Waals surface area contributed by atoms with Crippen molar-refractivity contribution < 1.29 is 4.79 Å². The standard InChI is InChI=1S/C10H5Br2ClN2O/c11-9-8(5-16)10(12)15(14-9)7-3-1-6(13)2-4-7/h1-5H. The van der Waals surface area contributed by atoms with E-state index in [0.717, 1.165) is 12.0 Å². The van der Waals surface area contributed by atoms with E-state index >= 15 is 0 Å². The summed E-state index contributed by atoms with van der Waals surface area (Å²) >= 11 is 12.3. The lowest BCUT2D eigenvalue weighted by molar-refractivity contribution is 0.112. The van der Waals surface area contributed by atoms with Crippen molar-refractivity contribution in [1.82, 2.24) is 9.78 Å². The van der Waals surface area contributed by atoms with E-state index in [1.54, 1.807) is 16.8 Å². The molecule has 0 fully saturated rings. The van der Waals surface area contributed by atoms with Crippen LogP contribution in [0.1, 0.15) is 10.4 Å². The summed E-state index contributed by atoms with van der Waals surface area (Å²) in [5, 5.41) is 4.85. The molecule has 2 rings (SSSR count). The number of halogens is 3. The van der Waals surface area contributed by atoms with E-state index in [-0.39, 0.29) is 0 Å². The molecule has 0 unspecified atom stereocenters. The van der Waals surface area contributed by atoms with Crippen LogP contribution in [0.3, 0.4) is 0 Å². The second kappa shape index (κ2) is 4.69. The second-order valence-corrected chi connectivity index (χ2v) is 4.94. The van der Waals surface area contributed by atoms with E-state index in [0.29, 0.717) is 19.8 Å². The van der Waals surface area contributed by atoms with Crippen LogP contribution in [-0.2, 0) is 0 Å². The highest BCUT2D eigenvalue weighted by atomic mass is 79.9. The molecule has 0 radical (unpaired) electrons. The minimum atomic E-state index is 0.481. The highest BCUT2D eigenvalue weighted by molar-refractivity contribution is 9.11. The van der Waals surface area contributed by atoms with Crippen LogP contribution in [0.2, 0.25) is 5.02 Å². The zero-order valence-electron chi connectivity index (χ0n) is 7.82. The normalized spacial score (nSPS) is 10.4. The highest BCUT2D eigenvalue weighted by Gasteiger charge is 2.14. The average molecular weight is 364 g/mol. The van der Waals surface area contributed by atoms with Crippen molar-refractivity contribution in [1.29, 1.82) is 0 Å². The number of aldehydes is 1. The van der Waals surface area contributed by atoms with E-state index in [9.17, 15) is 4.79 Å². The Labute approximate surface area is 114 Å². The van der Waals surface area contributed by atoms with E-state index in [4.69, 9.17) is 11.6 Å². The first-order valence-corrected chi connectivity index (χ1v) is 6.25. The minimum absolute atomic E-state index is 0.481. The van der Waals surface area contributed by atoms with Crippen LogP contribution >= 0.6 is 43.5 Å². The molecule has 0 saturated carbocycles. The van der Waals surface area contributed by atoms with E-state index < -0.39 is 0 Å². The zero-order valence-corrected chi connectivity index (χ0v) is 11.8. The fourth-order valence-corrected chi connectivity index (χ4v) is 2.63. The van der Waals surface area contributed by atoms with Gasteiger partial charge in [-0.15, -0.1) is 0 Å². The third kappa shape index (κ3) is 2.07. The average Bonchev–Trinajstić information content (AvgIpc) is 2.55. The van der Waals surface area contributed by atoms with E-state index in [2.05, 4.69) is 37.0 Å². The molecule has 6 heteroatoms. The van der Waals surface area contributed by atoms with Crippen molar-refractivity contribution in [2.24, 2.45) is 0 Å². The van der Waals surface area contributed by atoms with Gasteiger partial charge in [0, 0.05) is 5.02 Å². The van der Waals surface area contributed by atoms with E-state index in [1.807, 2.05) is 12.1 Å². The van der Waals surface area contributed by atoms with Crippen molar-refractivity contribution >= 4 is 49.7 Å². The number of aromatic nitrogens is 2. The van der Waals surface area contributed by atoms with Gasteiger partial charge in [0.25, 0.3) is 0 Å². The largest absolute Gasteiger partial charge is 0.298 e. The first-order valence-electron chi connectivity index (χ1n) is 4.28. The quantitative estimate of drug-likeness (QED) is 0.759. The van der Waals surface area contributed by atoms with E-state index in [1.165, 1.54) is 0 Å². The van der Waals surface area contributed by atoms with Gasteiger partial charge >= 0.3 is 0 Å². The summed E-state index contributed by atoms with van der Waals surface area (Å²) < 4.78 is 2.73. The Morgan fingerprint density at radius 1 is 1.25 bits per heavy atom. The van der Waals surface area contributed by atoms with Gasteiger partial charge in [-0.2, -0.15) is 5.10 Å². The molecule has 2 aromatic rings. The molecule has 1 aromatic carbocycles. The fraction of sp³-hybridized carbons (Fsp3) is 0. The molecule has 82 valence electrons. The molecule has 0 aliphatic rings. The number of carbonyl (C=O) groups excluding carboxylic acids is 1. The number of rotatable bonds is 2. The SMILES string of the molecule is O=Cc1c(Br)nn(-c2ccc(Cl)cc2)c1Br. The molecular weight excluding hydrogens is 359 g/mol. The number of benzene rings is 1. The predicted molar refractivity (Wildman–Crippen MR) is 69.4 cm³/mol. The van der Waals surface area contributed by atoms with Crippen LogP contribution in [-0.4, -0.2) is 16.1 Å². The Morgan fingerprint density at radius 2 is 1.88 bits per heavy atom. The van der Waals surface area contributed by atoms with Gasteiger partial charge in [0.1, 0.15) is 9.21 Å². The number of carbonyl (C=O) groups is 1. The van der Waals surface area contributed by atoms with Gasteiger partial charge in [0.2, 0.25) is 0 Å². The molecule has 0 bridgehead atoms. The summed E-state index contributed by atoms with van der Waals surface area (Å²) in [6, 6.07) is 7.17. The van der Waals surface area contributed by atoms with Crippen molar-refractivity contribution in [2.45, 2.75) is 0 Å². The van der Waals surface area contributed by atoms with Crippen molar-refractivity contribution in [3.8, 4) is 5.69 Å². The van der Waals surface area contributed by atoms with Crippen LogP contribution in [0, 0.1) is 0 Å². The van der Waals surface area contributed by atoms with Gasteiger partial charge in [-0.25, -0.2) is 4.68 Å². The van der Waals surface area contributed by atoms with Crippen molar-refractivity contribution in [2.75, 3.05) is 0 Å². The molecule has 0 saturated heterocycles. The topological polar surface area (TPSA) is 34.9 Å². The Hall–Kier alpha value is -0.650. The number of hydrogen-bond donors (Lipinski definition) is 0. The third-order valence-corrected chi connectivity index (χ3v) is 3.61. The van der Waals surface area contributed by atoms with Gasteiger partial charge in [-0.05, 0) is 56.1 Å². The molecule has 1 aromatic heterocycles. The maximum atomic E-state index is 10.8. The Morgan fingerprint density at radius 3 is 2.38 bits per heavy atom. The predicted octanol–water partition coefficient (Wildman–Crippen LogP) is 3.86. The summed E-state index contributed by atoms with van der Waals surface area (Å²) in [6.07, 6.45) is 0.744. The van der Waals surface area contributed by atoms with Crippen molar-refractivity contribution in [3.05, 3.63) is 44.1 Å². The number of nitrogens with zero attached hydrogens (tertiary/aromatic N) is 2.